The molecule has 0 bridgehead atoms. The Kier molecular flexibility index (Phi) is 4.54. The molecule has 1 rings (SSSR count). The lowest BCUT2D eigenvalue weighted by Crippen LogP contribution is -2.19. The fourth-order valence-corrected chi connectivity index (χ4v) is 1.36. The highest BCUT2D eigenvalue weighted by atomic mass is 19.4. The van der Waals surface area contributed by atoms with Crippen LogP contribution < -0.4 is 15.2 Å². The molecule has 0 aliphatic carbocycles. The number of nitro groups is 1. The molecule has 0 aliphatic heterocycles. The maximum atomic E-state index is 12.1. The molecule has 0 aromatic heterocycles. The van der Waals surface area contributed by atoms with Crippen molar-refractivity contribution in [1.29, 1.82) is 0 Å². The number of hydrogen-bond acceptors (Lipinski definition) is 5. The molecule has 9 heteroatoms. The zero-order chi connectivity index (χ0) is 14.6. The lowest BCUT2D eigenvalue weighted by Gasteiger charge is -2.13. The monoisotopic (exact) mass is 280 g/mol. The molecule has 0 heterocycles. The summed E-state index contributed by atoms with van der Waals surface area (Å²) in [5.74, 6) is -0.404. The molecule has 0 spiro atoms. The number of nitrogens with two attached hydrogens (primary N) is 1. The Bertz CT molecular complexity index is 477. The first kappa shape index (κ1) is 15.0. The first-order valence-corrected chi connectivity index (χ1v) is 5.03. The van der Waals surface area contributed by atoms with Crippen molar-refractivity contribution in [1.82, 2.24) is 0 Å². The molecule has 6 nitrogen and oxygen atoms in total. The Labute approximate surface area is 106 Å². The molecule has 0 atom stereocenters. The van der Waals surface area contributed by atoms with Crippen LogP contribution in [0.1, 0.15) is 5.56 Å². The van der Waals surface area contributed by atoms with Crippen LogP contribution >= 0.6 is 0 Å². The van der Waals surface area contributed by atoms with Crippen molar-refractivity contribution in [3.05, 3.63) is 27.8 Å². The molecular formula is C10H11F3N2O4. The zero-order valence-corrected chi connectivity index (χ0v) is 9.86. The summed E-state index contributed by atoms with van der Waals surface area (Å²) in [6, 6.07) is 2.05. The number of nitrogens with zero attached hydrogens (tertiary/aromatic N) is 1. The van der Waals surface area contributed by atoms with E-state index in [0.29, 0.717) is 0 Å². The van der Waals surface area contributed by atoms with Crippen LogP contribution in [0.25, 0.3) is 0 Å². The summed E-state index contributed by atoms with van der Waals surface area (Å²) in [7, 11) is 1.21. The predicted octanol–water partition coefficient (Wildman–Crippen LogP) is 2.00. The maximum absolute atomic E-state index is 12.1. The van der Waals surface area contributed by atoms with E-state index in [9.17, 15) is 23.3 Å². The van der Waals surface area contributed by atoms with Gasteiger partial charge in [-0.1, -0.05) is 0 Å². The van der Waals surface area contributed by atoms with Gasteiger partial charge in [-0.2, -0.15) is 13.2 Å². The van der Waals surface area contributed by atoms with Crippen LogP contribution in [-0.4, -0.2) is 24.8 Å². The highest BCUT2D eigenvalue weighted by Crippen LogP contribution is 2.35. The molecule has 0 unspecified atom stereocenters. The highest BCUT2D eigenvalue weighted by Gasteiger charge is 2.30. The highest BCUT2D eigenvalue weighted by molar-refractivity contribution is 5.54. The van der Waals surface area contributed by atoms with Gasteiger partial charge in [0.25, 0.3) is 5.69 Å². The summed E-state index contributed by atoms with van der Waals surface area (Å²) in [6.07, 6.45) is -4.55. The molecule has 106 valence electrons. The first-order chi connectivity index (χ1) is 8.78. The van der Waals surface area contributed by atoms with Crippen molar-refractivity contribution in [2.24, 2.45) is 5.73 Å². The van der Waals surface area contributed by atoms with Gasteiger partial charge < -0.3 is 15.2 Å². The van der Waals surface area contributed by atoms with E-state index in [-0.39, 0.29) is 23.6 Å². The number of methoxy groups -OCH3 is 1. The largest absolute Gasteiger partial charge is 0.493 e. The van der Waals surface area contributed by atoms with Gasteiger partial charge in [-0.15, -0.1) is 0 Å². The SMILES string of the molecule is COc1cc(CN)c([N+](=O)[O-])cc1OCC(F)(F)F. The van der Waals surface area contributed by atoms with Crippen molar-refractivity contribution in [3.8, 4) is 11.5 Å². The van der Waals surface area contributed by atoms with E-state index in [2.05, 4.69) is 4.74 Å². The van der Waals surface area contributed by atoms with Gasteiger partial charge in [-0.25, -0.2) is 0 Å². The molecule has 19 heavy (non-hydrogen) atoms. The zero-order valence-electron chi connectivity index (χ0n) is 9.86. The molecule has 0 radical (unpaired) electrons. The third-order valence-corrected chi connectivity index (χ3v) is 2.17. The maximum Gasteiger partial charge on any atom is 0.422 e. The van der Waals surface area contributed by atoms with E-state index in [1.165, 1.54) is 13.2 Å². The topological polar surface area (TPSA) is 87.6 Å². The van der Waals surface area contributed by atoms with Crippen molar-refractivity contribution >= 4 is 5.69 Å². The Morgan fingerprint density at radius 3 is 2.42 bits per heavy atom. The number of hydrogen-bond donors (Lipinski definition) is 1. The summed E-state index contributed by atoms with van der Waals surface area (Å²) in [6.45, 7) is -1.71. The van der Waals surface area contributed by atoms with E-state index in [1.54, 1.807) is 0 Å². The third-order valence-electron chi connectivity index (χ3n) is 2.17. The number of rotatable bonds is 5. The second-order valence-electron chi connectivity index (χ2n) is 3.50. The molecule has 0 saturated heterocycles. The molecule has 2 N–H and O–H groups in total. The van der Waals surface area contributed by atoms with Gasteiger partial charge in [0.05, 0.1) is 18.1 Å². The van der Waals surface area contributed by atoms with Crippen LogP contribution in [-0.2, 0) is 6.54 Å². The summed E-state index contributed by atoms with van der Waals surface area (Å²) in [4.78, 5) is 10.0. The van der Waals surface area contributed by atoms with E-state index >= 15 is 0 Å². The third kappa shape index (κ3) is 3.98. The summed E-state index contributed by atoms with van der Waals surface area (Å²) in [5, 5.41) is 10.8. The van der Waals surface area contributed by atoms with E-state index in [0.717, 1.165) is 6.07 Å². The van der Waals surface area contributed by atoms with Gasteiger partial charge in [0.1, 0.15) is 0 Å². The smallest absolute Gasteiger partial charge is 0.422 e. The normalized spacial score (nSPS) is 11.2. The average molecular weight is 280 g/mol. The van der Waals surface area contributed by atoms with Crippen LogP contribution in [0.3, 0.4) is 0 Å². The van der Waals surface area contributed by atoms with Gasteiger partial charge in [0, 0.05) is 12.1 Å². The van der Waals surface area contributed by atoms with Crippen molar-refractivity contribution in [2.45, 2.75) is 12.7 Å². The molecular weight excluding hydrogens is 269 g/mol. The number of alkyl halides is 3. The first-order valence-electron chi connectivity index (χ1n) is 5.03. The van der Waals surface area contributed by atoms with Crippen molar-refractivity contribution in [3.63, 3.8) is 0 Å². The van der Waals surface area contributed by atoms with Crippen LogP contribution in [0.2, 0.25) is 0 Å². The Morgan fingerprint density at radius 1 is 1.37 bits per heavy atom. The molecule has 0 aliphatic rings. The molecule has 0 amide bonds. The second-order valence-corrected chi connectivity index (χ2v) is 3.50. The van der Waals surface area contributed by atoms with E-state index in [4.69, 9.17) is 10.5 Å². The van der Waals surface area contributed by atoms with Gasteiger partial charge >= 0.3 is 6.18 Å². The molecule has 1 aromatic carbocycles. The summed E-state index contributed by atoms with van der Waals surface area (Å²) >= 11 is 0. The van der Waals surface area contributed by atoms with Crippen molar-refractivity contribution < 1.29 is 27.6 Å². The Morgan fingerprint density at radius 2 is 2.00 bits per heavy atom. The predicted molar refractivity (Wildman–Crippen MR) is 59.1 cm³/mol. The fourth-order valence-electron chi connectivity index (χ4n) is 1.36. The quantitative estimate of drug-likeness (QED) is 0.658. The second kappa shape index (κ2) is 5.74. The number of ether oxygens (including phenoxy) is 2. The molecule has 1 aromatic rings. The molecule has 0 fully saturated rings. The minimum atomic E-state index is -4.55. The van der Waals surface area contributed by atoms with Crippen molar-refractivity contribution in [2.75, 3.05) is 13.7 Å². The van der Waals surface area contributed by atoms with E-state index in [1.807, 2.05) is 0 Å². The minimum Gasteiger partial charge on any atom is -0.493 e. The van der Waals surface area contributed by atoms with Gasteiger partial charge in [-0.3, -0.25) is 10.1 Å². The standard InChI is InChI=1S/C10H11F3N2O4/c1-18-8-2-6(4-14)7(15(16)17)3-9(8)19-5-10(11,12)13/h2-3H,4-5,14H2,1H3. The summed E-state index contributed by atoms with van der Waals surface area (Å²) < 4.78 is 45.5. The number of benzene rings is 1. The van der Waals surface area contributed by atoms with E-state index < -0.39 is 23.4 Å². The van der Waals surface area contributed by atoms with Crippen LogP contribution in [0, 0.1) is 10.1 Å². The lowest BCUT2D eigenvalue weighted by atomic mass is 10.1. The van der Waals surface area contributed by atoms with Crippen LogP contribution in [0.4, 0.5) is 18.9 Å². The Hall–Kier alpha value is -2.03. The van der Waals surface area contributed by atoms with Crippen LogP contribution in [0.15, 0.2) is 12.1 Å². The molecule has 0 saturated carbocycles. The number of halogens is 3. The Balaban J connectivity index is 3.15. The fraction of sp³-hybridized carbons (Fsp3) is 0.400. The van der Waals surface area contributed by atoms with Gasteiger partial charge in [0.15, 0.2) is 18.1 Å². The number of nitro benzene ring substituents is 1. The van der Waals surface area contributed by atoms with Gasteiger partial charge in [-0.05, 0) is 6.07 Å². The van der Waals surface area contributed by atoms with Gasteiger partial charge in [0.2, 0.25) is 0 Å². The average Bonchev–Trinajstić information content (AvgIpc) is 2.34. The summed E-state index contributed by atoms with van der Waals surface area (Å²) in [5.41, 5.74) is 5.05. The minimum absolute atomic E-state index is 0.0460. The van der Waals surface area contributed by atoms with Crippen LogP contribution in [0.5, 0.6) is 11.5 Å². The lowest BCUT2D eigenvalue weighted by molar-refractivity contribution is -0.385.